The van der Waals surface area contributed by atoms with Crippen molar-refractivity contribution in [3.63, 3.8) is 0 Å². The lowest BCUT2D eigenvalue weighted by atomic mass is 10.1. The van der Waals surface area contributed by atoms with Gasteiger partial charge < -0.3 is 0 Å². The van der Waals surface area contributed by atoms with Gasteiger partial charge in [0.2, 0.25) is 0 Å². The molecule has 0 aliphatic rings. The Labute approximate surface area is 86.2 Å². The molecule has 0 N–H and O–H groups in total. The molecule has 1 aromatic heterocycles. The first-order valence-electron chi connectivity index (χ1n) is 3.86. The van der Waals surface area contributed by atoms with Gasteiger partial charge in [0.05, 0.1) is 0 Å². The average molecular weight is 280 g/mol. The molecular formula is C9H13IS. The van der Waals surface area contributed by atoms with Crippen LogP contribution < -0.4 is 0 Å². The summed E-state index contributed by atoms with van der Waals surface area (Å²) in [6.45, 7) is 4.53. The minimum Gasteiger partial charge on any atom is -0.145 e. The lowest BCUT2D eigenvalue weighted by Gasteiger charge is -1.99. The zero-order valence-electron chi connectivity index (χ0n) is 6.93. The lowest BCUT2D eigenvalue weighted by Crippen LogP contribution is -1.89. The molecule has 0 unspecified atom stereocenters. The zero-order valence-corrected chi connectivity index (χ0v) is 9.91. The normalized spacial score (nSPS) is 10.9. The van der Waals surface area contributed by atoms with Crippen LogP contribution in [0.4, 0.5) is 0 Å². The summed E-state index contributed by atoms with van der Waals surface area (Å²) < 4.78 is 1.15. The Balaban J connectivity index is 2.58. The van der Waals surface area contributed by atoms with Gasteiger partial charge >= 0.3 is 0 Å². The minimum absolute atomic E-state index is 0.788. The highest BCUT2D eigenvalue weighted by atomic mass is 127. The summed E-state index contributed by atoms with van der Waals surface area (Å²) in [6, 6.07) is 4.51. The monoisotopic (exact) mass is 280 g/mol. The van der Waals surface area contributed by atoms with Crippen molar-refractivity contribution in [3.05, 3.63) is 21.9 Å². The van der Waals surface area contributed by atoms with Crippen LogP contribution in [0, 0.1) is 5.92 Å². The molecule has 0 aliphatic carbocycles. The van der Waals surface area contributed by atoms with Gasteiger partial charge in [0.1, 0.15) is 0 Å². The number of thiophene rings is 1. The van der Waals surface area contributed by atoms with Crippen molar-refractivity contribution in [1.29, 1.82) is 0 Å². The van der Waals surface area contributed by atoms with Crippen LogP contribution in [0.5, 0.6) is 0 Å². The van der Waals surface area contributed by atoms with E-state index in [1.54, 1.807) is 0 Å². The largest absolute Gasteiger partial charge is 0.145 e. The molecule has 0 radical (unpaired) electrons. The summed E-state index contributed by atoms with van der Waals surface area (Å²) in [7, 11) is 0. The SMILES string of the molecule is CC(C)Cc1ccc(CI)s1. The molecule has 0 fully saturated rings. The molecule has 0 saturated heterocycles. The summed E-state index contributed by atoms with van der Waals surface area (Å²) in [5.74, 6) is 0.788. The second kappa shape index (κ2) is 4.45. The molecule has 1 aromatic rings. The van der Waals surface area contributed by atoms with Crippen molar-refractivity contribution in [2.75, 3.05) is 0 Å². The van der Waals surface area contributed by atoms with Gasteiger partial charge in [-0.1, -0.05) is 36.4 Å². The van der Waals surface area contributed by atoms with Crippen LogP contribution in [0.25, 0.3) is 0 Å². The molecule has 0 nitrogen and oxygen atoms in total. The highest BCUT2D eigenvalue weighted by Gasteiger charge is 2.00. The molecule has 1 heterocycles. The topological polar surface area (TPSA) is 0 Å². The molecule has 0 spiro atoms. The van der Waals surface area contributed by atoms with Crippen molar-refractivity contribution < 1.29 is 0 Å². The van der Waals surface area contributed by atoms with E-state index in [9.17, 15) is 0 Å². The van der Waals surface area contributed by atoms with Gasteiger partial charge in [-0.05, 0) is 24.5 Å². The van der Waals surface area contributed by atoms with E-state index >= 15 is 0 Å². The Hall–Kier alpha value is 0.430. The summed E-state index contributed by atoms with van der Waals surface area (Å²) in [5.41, 5.74) is 0. The number of alkyl halides is 1. The summed E-state index contributed by atoms with van der Waals surface area (Å²) in [5, 5.41) is 0. The summed E-state index contributed by atoms with van der Waals surface area (Å²) >= 11 is 4.36. The Morgan fingerprint density at radius 1 is 1.36 bits per heavy atom. The summed E-state index contributed by atoms with van der Waals surface area (Å²) in [6.07, 6.45) is 1.24. The molecule has 11 heavy (non-hydrogen) atoms. The number of hydrogen-bond acceptors (Lipinski definition) is 1. The van der Waals surface area contributed by atoms with Crippen LogP contribution in [-0.4, -0.2) is 0 Å². The van der Waals surface area contributed by atoms with Crippen LogP contribution in [-0.2, 0) is 10.8 Å². The third-order valence-corrected chi connectivity index (χ3v) is 3.91. The smallest absolute Gasteiger partial charge is 0.0341 e. The first-order chi connectivity index (χ1) is 5.22. The molecule has 0 saturated carbocycles. The first-order valence-corrected chi connectivity index (χ1v) is 6.20. The summed E-state index contributed by atoms with van der Waals surface area (Å²) in [4.78, 5) is 3.04. The van der Waals surface area contributed by atoms with Gasteiger partial charge in [-0.25, -0.2) is 0 Å². The maximum atomic E-state index is 2.41. The second-order valence-electron chi connectivity index (χ2n) is 3.10. The fourth-order valence-electron chi connectivity index (χ4n) is 1.01. The third-order valence-electron chi connectivity index (χ3n) is 1.46. The van der Waals surface area contributed by atoms with E-state index in [0.717, 1.165) is 10.3 Å². The van der Waals surface area contributed by atoms with Gasteiger partial charge in [0.15, 0.2) is 0 Å². The third kappa shape index (κ3) is 3.11. The van der Waals surface area contributed by atoms with Crippen LogP contribution in [0.3, 0.4) is 0 Å². The highest BCUT2D eigenvalue weighted by Crippen LogP contribution is 2.21. The predicted octanol–water partition coefficient (Wildman–Crippen LogP) is 3.88. The van der Waals surface area contributed by atoms with Crippen LogP contribution in [0.15, 0.2) is 12.1 Å². The molecule has 1 rings (SSSR count). The van der Waals surface area contributed by atoms with Gasteiger partial charge in [0.25, 0.3) is 0 Å². The molecule has 0 atom stereocenters. The fraction of sp³-hybridized carbons (Fsp3) is 0.556. The van der Waals surface area contributed by atoms with Crippen molar-refractivity contribution in [3.8, 4) is 0 Å². The first kappa shape index (κ1) is 9.52. The average Bonchev–Trinajstić information content (AvgIpc) is 2.34. The molecule has 62 valence electrons. The van der Waals surface area contributed by atoms with E-state index in [2.05, 4.69) is 48.6 Å². The van der Waals surface area contributed by atoms with E-state index in [-0.39, 0.29) is 0 Å². The lowest BCUT2D eigenvalue weighted by molar-refractivity contribution is 0.654. The maximum Gasteiger partial charge on any atom is 0.0341 e. The van der Waals surface area contributed by atoms with E-state index in [1.165, 1.54) is 16.2 Å². The van der Waals surface area contributed by atoms with E-state index in [4.69, 9.17) is 0 Å². The molecule has 0 amide bonds. The number of hydrogen-bond donors (Lipinski definition) is 0. The van der Waals surface area contributed by atoms with Crippen molar-refractivity contribution in [1.82, 2.24) is 0 Å². The quantitative estimate of drug-likeness (QED) is 0.582. The maximum absolute atomic E-state index is 2.41. The van der Waals surface area contributed by atoms with Crippen LogP contribution >= 0.6 is 33.9 Å². The van der Waals surface area contributed by atoms with Crippen LogP contribution in [0.1, 0.15) is 23.6 Å². The Morgan fingerprint density at radius 3 is 2.45 bits per heavy atom. The zero-order chi connectivity index (χ0) is 8.27. The Bertz CT molecular complexity index is 215. The molecule has 2 heteroatoms. The van der Waals surface area contributed by atoms with Gasteiger partial charge in [-0.2, -0.15) is 0 Å². The second-order valence-corrected chi connectivity index (χ2v) is 5.12. The highest BCUT2D eigenvalue weighted by molar-refractivity contribution is 14.1. The van der Waals surface area contributed by atoms with E-state index < -0.39 is 0 Å². The van der Waals surface area contributed by atoms with Crippen molar-refractivity contribution >= 4 is 33.9 Å². The number of rotatable bonds is 3. The number of halogens is 1. The predicted molar refractivity (Wildman–Crippen MR) is 60.6 cm³/mol. The van der Waals surface area contributed by atoms with E-state index in [1.807, 2.05) is 11.3 Å². The Morgan fingerprint density at radius 2 is 2.00 bits per heavy atom. The minimum atomic E-state index is 0.788. The molecule has 0 aliphatic heterocycles. The van der Waals surface area contributed by atoms with Gasteiger partial charge in [0, 0.05) is 14.2 Å². The molecule has 0 aromatic carbocycles. The van der Waals surface area contributed by atoms with Crippen LogP contribution in [0.2, 0.25) is 0 Å². The van der Waals surface area contributed by atoms with E-state index in [0.29, 0.717) is 0 Å². The van der Waals surface area contributed by atoms with Crippen molar-refractivity contribution in [2.45, 2.75) is 24.7 Å². The molecular weight excluding hydrogens is 267 g/mol. The van der Waals surface area contributed by atoms with Gasteiger partial charge in [-0.3, -0.25) is 0 Å². The fourth-order valence-corrected chi connectivity index (χ4v) is 2.81. The molecule has 0 bridgehead atoms. The Kier molecular flexibility index (Phi) is 3.85. The van der Waals surface area contributed by atoms with Crippen molar-refractivity contribution in [2.24, 2.45) is 5.92 Å². The van der Waals surface area contributed by atoms with Gasteiger partial charge in [-0.15, -0.1) is 11.3 Å². The standard InChI is InChI=1S/C9H13IS/c1-7(2)5-8-3-4-9(6-10)11-8/h3-4,7H,5-6H2,1-2H3.